The first-order chi connectivity index (χ1) is 13.1. The van der Waals surface area contributed by atoms with Crippen LogP contribution >= 0.6 is 0 Å². The second-order valence-electron chi connectivity index (χ2n) is 6.53. The van der Waals surface area contributed by atoms with E-state index in [1.165, 1.54) is 11.8 Å². The molecule has 1 aromatic carbocycles. The summed E-state index contributed by atoms with van der Waals surface area (Å²) < 4.78 is 0. The second kappa shape index (κ2) is 8.32. The molecule has 4 N–H and O–H groups in total. The molecule has 7 heteroatoms. The summed E-state index contributed by atoms with van der Waals surface area (Å²) in [6, 6.07) is 7.65. The van der Waals surface area contributed by atoms with Crippen LogP contribution in [0.5, 0.6) is 0 Å². The number of hydrogen-bond donors (Lipinski definition) is 3. The third kappa shape index (κ3) is 4.61. The number of aryl methyl sites for hydroxylation is 1. The fourth-order valence-corrected chi connectivity index (χ4v) is 3.15. The SMILES string of the molecule is N#Cc1cnc(C(=O)Nc2ccc(CCC(N)=O)cc2C2=CCCCC2)[nH]1. The van der Waals surface area contributed by atoms with E-state index in [0.29, 0.717) is 12.1 Å². The largest absolute Gasteiger partial charge is 0.370 e. The van der Waals surface area contributed by atoms with E-state index in [1.54, 1.807) is 0 Å². The average Bonchev–Trinajstić information content (AvgIpc) is 3.17. The molecule has 2 amide bonds. The third-order valence-corrected chi connectivity index (χ3v) is 4.54. The Morgan fingerprint density at radius 1 is 1.33 bits per heavy atom. The van der Waals surface area contributed by atoms with E-state index < -0.39 is 5.91 Å². The molecular formula is C20H21N5O2. The number of H-pyrrole nitrogens is 1. The van der Waals surface area contributed by atoms with Crippen molar-refractivity contribution in [3.63, 3.8) is 0 Å². The zero-order chi connectivity index (χ0) is 19.2. The minimum atomic E-state index is -0.404. The minimum absolute atomic E-state index is 0.0907. The van der Waals surface area contributed by atoms with Gasteiger partial charge < -0.3 is 16.0 Å². The number of amides is 2. The maximum absolute atomic E-state index is 12.5. The van der Waals surface area contributed by atoms with Crippen LogP contribution < -0.4 is 11.1 Å². The molecule has 0 spiro atoms. The number of carbonyl (C=O) groups excluding carboxylic acids is 2. The molecule has 1 aliphatic rings. The summed E-state index contributed by atoms with van der Waals surface area (Å²) in [4.78, 5) is 30.2. The van der Waals surface area contributed by atoms with Gasteiger partial charge in [0, 0.05) is 17.7 Å². The van der Waals surface area contributed by atoms with Gasteiger partial charge in [-0.25, -0.2) is 4.98 Å². The van der Waals surface area contributed by atoms with Crippen molar-refractivity contribution in [3.05, 3.63) is 53.1 Å². The van der Waals surface area contributed by atoms with Crippen LogP contribution in [0.25, 0.3) is 5.57 Å². The first kappa shape index (κ1) is 18.4. The lowest BCUT2D eigenvalue weighted by atomic mass is 9.91. The lowest BCUT2D eigenvalue weighted by molar-refractivity contribution is -0.117. The highest BCUT2D eigenvalue weighted by Crippen LogP contribution is 2.33. The Bertz CT molecular complexity index is 936. The summed E-state index contributed by atoms with van der Waals surface area (Å²) >= 11 is 0. The number of primary amides is 1. The lowest BCUT2D eigenvalue weighted by Crippen LogP contribution is -2.15. The number of hydrogen-bond acceptors (Lipinski definition) is 4. The summed E-state index contributed by atoms with van der Waals surface area (Å²) in [5.41, 5.74) is 9.32. The number of anilines is 1. The molecule has 0 atom stereocenters. The first-order valence-corrected chi connectivity index (χ1v) is 8.94. The minimum Gasteiger partial charge on any atom is -0.370 e. The molecular weight excluding hydrogens is 342 g/mol. The predicted molar refractivity (Wildman–Crippen MR) is 102 cm³/mol. The van der Waals surface area contributed by atoms with Crippen LogP contribution in [-0.2, 0) is 11.2 Å². The van der Waals surface area contributed by atoms with Gasteiger partial charge in [-0.15, -0.1) is 0 Å². The van der Waals surface area contributed by atoms with E-state index in [2.05, 4.69) is 21.4 Å². The molecule has 1 aliphatic carbocycles. The van der Waals surface area contributed by atoms with Gasteiger partial charge in [-0.05, 0) is 55.4 Å². The van der Waals surface area contributed by atoms with Gasteiger partial charge in [0.2, 0.25) is 5.91 Å². The summed E-state index contributed by atoms with van der Waals surface area (Å²) in [5.74, 6) is -0.649. The van der Waals surface area contributed by atoms with Crippen LogP contribution in [0, 0.1) is 11.3 Å². The number of imidazole rings is 1. The van der Waals surface area contributed by atoms with Crippen LogP contribution in [0.2, 0.25) is 0 Å². The fourth-order valence-electron chi connectivity index (χ4n) is 3.15. The Kier molecular flexibility index (Phi) is 5.67. The van der Waals surface area contributed by atoms with Crippen molar-refractivity contribution in [1.29, 1.82) is 5.26 Å². The number of benzene rings is 1. The Morgan fingerprint density at radius 3 is 2.85 bits per heavy atom. The van der Waals surface area contributed by atoms with Gasteiger partial charge in [0.25, 0.3) is 5.91 Å². The summed E-state index contributed by atoms with van der Waals surface area (Å²) in [5, 5.41) is 11.7. The van der Waals surface area contributed by atoms with E-state index >= 15 is 0 Å². The van der Waals surface area contributed by atoms with Gasteiger partial charge in [0.05, 0.1) is 6.20 Å². The summed E-state index contributed by atoms with van der Waals surface area (Å²) in [6.45, 7) is 0. The van der Waals surface area contributed by atoms with Crippen LogP contribution in [0.15, 0.2) is 30.5 Å². The zero-order valence-electron chi connectivity index (χ0n) is 14.9. The molecule has 0 bridgehead atoms. The van der Waals surface area contributed by atoms with Gasteiger partial charge in [-0.3, -0.25) is 9.59 Å². The summed E-state index contributed by atoms with van der Waals surface area (Å²) in [6.07, 6.45) is 8.60. The summed E-state index contributed by atoms with van der Waals surface area (Å²) in [7, 11) is 0. The van der Waals surface area contributed by atoms with Crippen molar-refractivity contribution >= 4 is 23.1 Å². The van der Waals surface area contributed by atoms with E-state index in [1.807, 2.05) is 24.3 Å². The molecule has 0 aliphatic heterocycles. The number of nitrogens with two attached hydrogens (primary N) is 1. The van der Waals surface area contributed by atoms with Gasteiger partial charge in [0.15, 0.2) is 5.82 Å². The Balaban J connectivity index is 1.88. The molecule has 138 valence electrons. The molecule has 3 rings (SSSR count). The van der Waals surface area contributed by atoms with E-state index in [-0.39, 0.29) is 23.8 Å². The maximum Gasteiger partial charge on any atom is 0.291 e. The molecule has 0 fully saturated rings. The quantitative estimate of drug-likeness (QED) is 0.729. The Morgan fingerprint density at radius 2 is 2.19 bits per heavy atom. The van der Waals surface area contributed by atoms with Crippen molar-refractivity contribution in [1.82, 2.24) is 9.97 Å². The third-order valence-electron chi connectivity index (χ3n) is 4.54. The van der Waals surface area contributed by atoms with Crippen molar-refractivity contribution in [2.45, 2.75) is 38.5 Å². The molecule has 27 heavy (non-hydrogen) atoms. The van der Waals surface area contributed by atoms with Gasteiger partial charge in [0.1, 0.15) is 11.8 Å². The number of allylic oxidation sites excluding steroid dienone is 2. The van der Waals surface area contributed by atoms with Gasteiger partial charge in [-0.2, -0.15) is 5.26 Å². The van der Waals surface area contributed by atoms with E-state index in [4.69, 9.17) is 11.0 Å². The van der Waals surface area contributed by atoms with Gasteiger partial charge in [-0.1, -0.05) is 12.1 Å². The lowest BCUT2D eigenvalue weighted by Gasteiger charge is -2.18. The van der Waals surface area contributed by atoms with Crippen molar-refractivity contribution in [2.75, 3.05) is 5.32 Å². The van der Waals surface area contributed by atoms with Crippen LogP contribution in [-0.4, -0.2) is 21.8 Å². The molecule has 7 nitrogen and oxygen atoms in total. The number of carbonyl (C=O) groups is 2. The average molecular weight is 363 g/mol. The maximum atomic E-state index is 12.5. The Hall–Kier alpha value is -3.40. The topological polar surface area (TPSA) is 125 Å². The number of aromatic amines is 1. The number of aromatic nitrogens is 2. The monoisotopic (exact) mass is 363 g/mol. The van der Waals surface area contributed by atoms with E-state index in [9.17, 15) is 9.59 Å². The smallest absolute Gasteiger partial charge is 0.291 e. The molecule has 0 saturated heterocycles. The zero-order valence-corrected chi connectivity index (χ0v) is 14.9. The van der Waals surface area contributed by atoms with Crippen molar-refractivity contribution in [3.8, 4) is 6.07 Å². The van der Waals surface area contributed by atoms with Crippen molar-refractivity contribution in [2.24, 2.45) is 5.73 Å². The molecule has 0 radical (unpaired) electrons. The second-order valence-corrected chi connectivity index (χ2v) is 6.53. The highest BCUT2D eigenvalue weighted by Gasteiger charge is 2.16. The van der Waals surface area contributed by atoms with Crippen molar-refractivity contribution < 1.29 is 9.59 Å². The fraction of sp³-hybridized carbons (Fsp3) is 0.300. The number of nitrogens with zero attached hydrogens (tertiary/aromatic N) is 2. The number of nitriles is 1. The molecule has 0 saturated carbocycles. The molecule has 2 aromatic rings. The highest BCUT2D eigenvalue weighted by molar-refractivity contribution is 6.03. The molecule has 0 unspecified atom stereocenters. The Labute approximate surface area is 157 Å². The molecule has 1 aromatic heterocycles. The van der Waals surface area contributed by atoms with Crippen LogP contribution in [0.3, 0.4) is 0 Å². The standard InChI is InChI=1S/C20H21N5O2/c21-11-15-12-23-19(24-15)20(27)25-17-8-6-13(7-9-18(22)26)10-16(17)14-4-2-1-3-5-14/h4,6,8,10,12H,1-3,5,7,9H2,(H2,22,26)(H,23,24)(H,25,27). The molecule has 1 heterocycles. The van der Waals surface area contributed by atoms with Gasteiger partial charge >= 0.3 is 0 Å². The van der Waals surface area contributed by atoms with Crippen LogP contribution in [0.1, 0.15) is 59.5 Å². The number of rotatable bonds is 6. The first-order valence-electron chi connectivity index (χ1n) is 8.94. The van der Waals surface area contributed by atoms with E-state index in [0.717, 1.165) is 36.8 Å². The highest BCUT2D eigenvalue weighted by atomic mass is 16.2. The van der Waals surface area contributed by atoms with Crippen LogP contribution in [0.4, 0.5) is 5.69 Å². The number of nitrogens with one attached hydrogen (secondary N) is 2. The normalized spacial score (nSPS) is 13.5. The predicted octanol–water partition coefficient (Wildman–Crippen LogP) is 2.91.